The number of aryl methyl sites for hydroxylation is 1. The minimum atomic E-state index is -4.47. The first kappa shape index (κ1) is 20.8. The molecule has 2 aromatic heterocycles. The molecule has 0 bridgehead atoms. The number of pyridine rings is 1. The number of hydrogen-bond acceptors (Lipinski definition) is 4. The molecular formula is C25H18F3N5. The van der Waals surface area contributed by atoms with E-state index in [1.165, 1.54) is 6.07 Å². The van der Waals surface area contributed by atoms with Gasteiger partial charge < -0.3 is 0 Å². The molecule has 5 rings (SSSR count). The zero-order valence-electron chi connectivity index (χ0n) is 17.6. The number of nitrogens with one attached hydrogen (secondary N) is 1. The summed E-state index contributed by atoms with van der Waals surface area (Å²) in [7, 11) is 0. The number of nitrogens with zero attached hydrogens (tertiary/aromatic N) is 4. The van der Waals surface area contributed by atoms with Crippen molar-refractivity contribution in [3.8, 4) is 33.6 Å². The number of H-pyrrole nitrogens is 1. The smallest absolute Gasteiger partial charge is 0.252 e. The van der Waals surface area contributed by atoms with E-state index in [4.69, 9.17) is 0 Å². The number of rotatable bonds is 4. The number of benzene rings is 3. The Kier molecular flexibility index (Phi) is 5.12. The molecule has 0 radical (unpaired) electrons. The summed E-state index contributed by atoms with van der Waals surface area (Å²) in [5.41, 5.74) is 4.10. The fourth-order valence-corrected chi connectivity index (χ4v) is 3.99. The van der Waals surface area contributed by atoms with Crippen molar-refractivity contribution in [1.82, 2.24) is 25.6 Å². The molecule has 0 atom stereocenters. The largest absolute Gasteiger partial charge is 0.418 e. The van der Waals surface area contributed by atoms with Gasteiger partial charge in [0.2, 0.25) is 5.82 Å². The van der Waals surface area contributed by atoms with E-state index in [1.54, 1.807) is 6.07 Å². The van der Waals surface area contributed by atoms with Gasteiger partial charge >= 0.3 is 6.18 Å². The van der Waals surface area contributed by atoms with E-state index in [0.29, 0.717) is 23.3 Å². The van der Waals surface area contributed by atoms with Crippen LogP contribution in [0.1, 0.15) is 18.2 Å². The van der Waals surface area contributed by atoms with Gasteiger partial charge in [0, 0.05) is 16.6 Å². The Hall–Kier alpha value is -4.07. The third kappa shape index (κ3) is 3.84. The molecule has 0 saturated carbocycles. The van der Waals surface area contributed by atoms with Crippen LogP contribution in [0.5, 0.6) is 0 Å². The first-order valence-corrected chi connectivity index (χ1v) is 10.4. The lowest BCUT2D eigenvalue weighted by molar-refractivity contribution is -0.136. The highest BCUT2D eigenvalue weighted by Gasteiger charge is 2.33. The van der Waals surface area contributed by atoms with Crippen LogP contribution in [0.25, 0.3) is 44.5 Å². The molecule has 0 fully saturated rings. The van der Waals surface area contributed by atoms with Crippen molar-refractivity contribution in [2.45, 2.75) is 19.5 Å². The van der Waals surface area contributed by atoms with Gasteiger partial charge in [-0.2, -0.15) is 18.4 Å². The maximum absolute atomic E-state index is 13.6. The van der Waals surface area contributed by atoms with E-state index in [-0.39, 0.29) is 5.52 Å². The van der Waals surface area contributed by atoms with Gasteiger partial charge in [-0.15, -0.1) is 10.2 Å². The van der Waals surface area contributed by atoms with Gasteiger partial charge in [-0.3, -0.25) is 4.98 Å². The van der Waals surface area contributed by atoms with E-state index in [1.807, 2.05) is 61.5 Å². The third-order valence-corrected chi connectivity index (χ3v) is 5.58. The molecule has 0 spiro atoms. The van der Waals surface area contributed by atoms with Gasteiger partial charge in [0.25, 0.3) is 0 Å². The lowest BCUT2D eigenvalue weighted by Crippen LogP contribution is -2.07. The van der Waals surface area contributed by atoms with Crippen LogP contribution in [0.4, 0.5) is 13.2 Å². The average Bonchev–Trinajstić information content (AvgIpc) is 3.37. The number of para-hydroxylation sites is 1. The van der Waals surface area contributed by atoms with Crippen LogP contribution in [0, 0.1) is 0 Å². The zero-order valence-corrected chi connectivity index (χ0v) is 17.6. The van der Waals surface area contributed by atoms with Crippen LogP contribution < -0.4 is 0 Å². The van der Waals surface area contributed by atoms with E-state index in [2.05, 4.69) is 25.6 Å². The third-order valence-electron chi connectivity index (χ3n) is 5.58. The number of aromatic amines is 1. The van der Waals surface area contributed by atoms with Crippen LogP contribution in [0.2, 0.25) is 0 Å². The molecule has 0 amide bonds. The van der Waals surface area contributed by atoms with Crippen molar-refractivity contribution in [3.63, 3.8) is 0 Å². The lowest BCUT2D eigenvalue weighted by atomic mass is 9.94. The van der Waals surface area contributed by atoms with Crippen LogP contribution in [-0.4, -0.2) is 25.6 Å². The average molecular weight is 445 g/mol. The van der Waals surface area contributed by atoms with E-state index in [9.17, 15) is 13.2 Å². The number of hydrogen-bond donors (Lipinski definition) is 1. The van der Waals surface area contributed by atoms with Gasteiger partial charge in [0.05, 0.1) is 11.1 Å². The summed E-state index contributed by atoms with van der Waals surface area (Å²) in [4.78, 5) is 4.31. The van der Waals surface area contributed by atoms with Gasteiger partial charge in [0.1, 0.15) is 0 Å². The molecule has 0 saturated heterocycles. The Bertz CT molecular complexity index is 1430. The van der Waals surface area contributed by atoms with Crippen LogP contribution in [-0.2, 0) is 12.6 Å². The monoisotopic (exact) mass is 445 g/mol. The molecule has 3 aromatic carbocycles. The maximum Gasteiger partial charge on any atom is 0.418 e. The Morgan fingerprint density at radius 1 is 0.818 bits per heavy atom. The van der Waals surface area contributed by atoms with Crippen molar-refractivity contribution < 1.29 is 13.2 Å². The normalized spacial score (nSPS) is 11.8. The van der Waals surface area contributed by atoms with E-state index >= 15 is 0 Å². The van der Waals surface area contributed by atoms with Gasteiger partial charge in [-0.25, -0.2) is 0 Å². The van der Waals surface area contributed by atoms with Crippen molar-refractivity contribution in [2.24, 2.45) is 0 Å². The molecule has 2 heterocycles. The number of alkyl halides is 3. The second-order valence-electron chi connectivity index (χ2n) is 7.57. The molecule has 0 unspecified atom stereocenters. The zero-order chi connectivity index (χ0) is 23.0. The highest BCUT2D eigenvalue weighted by molar-refractivity contribution is 5.97. The van der Waals surface area contributed by atoms with Crippen molar-refractivity contribution in [2.75, 3.05) is 0 Å². The van der Waals surface area contributed by atoms with Gasteiger partial charge in [0.15, 0.2) is 0 Å². The van der Waals surface area contributed by atoms with Crippen molar-refractivity contribution in [1.29, 1.82) is 0 Å². The summed E-state index contributed by atoms with van der Waals surface area (Å²) in [6.45, 7) is 1.88. The molecule has 0 aliphatic heterocycles. The van der Waals surface area contributed by atoms with E-state index in [0.717, 1.165) is 33.9 Å². The fraction of sp³-hybridized carbons (Fsp3) is 0.120. The summed E-state index contributed by atoms with van der Waals surface area (Å²) in [6.07, 6.45) is -3.94. The number of tetrazole rings is 1. The Morgan fingerprint density at radius 2 is 1.52 bits per heavy atom. The Morgan fingerprint density at radius 3 is 2.15 bits per heavy atom. The molecule has 164 valence electrons. The second kappa shape index (κ2) is 8.12. The lowest BCUT2D eigenvalue weighted by Gasteiger charge is -2.15. The predicted octanol–water partition coefficient (Wildman–Crippen LogP) is 6.33. The molecule has 33 heavy (non-hydrogen) atoms. The number of halogens is 3. The topological polar surface area (TPSA) is 67.3 Å². The van der Waals surface area contributed by atoms with Crippen LogP contribution in [0.15, 0.2) is 72.8 Å². The van der Waals surface area contributed by atoms with Crippen LogP contribution in [0.3, 0.4) is 0 Å². The molecule has 0 aliphatic carbocycles. The van der Waals surface area contributed by atoms with Crippen LogP contribution >= 0.6 is 0 Å². The maximum atomic E-state index is 13.6. The second-order valence-corrected chi connectivity index (χ2v) is 7.57. The SMILES string of the molecule is CCc1cc(-c2ccc(-c3ccccc3-c3nn[nH]n3)cc2)c2cccc(C(F)(F)F)c2n1. The highest BCUT2D eigenvalue weighted by atomic mass is 19.4. The molecule has 0 aliphatic rings. The summed E-state index contributed by atoms with van der Waals surface area (Å²) < 4.78 is 40.9. The highest BCUT2D eigenvalue weighted by Crippen LogP contribution is 2.38. The summed E-state index contributed by atoms with van der Waals surface area (Å²) >= 11 is 0. The van der Waals surface area contributed by atoms with Gasteiger partial charge in [-0.1, -0.05) is 67.6 Å². The number of fused-ring (bicyclic) bond motifs is 1. The Labute approximate surface area is 187 Å². The fourth-order valence-electron chi connectivity index (χ4n) is 3.99. The van der Waals surface area contributed by atoms with Gasteiger partial charge in [-0.05, 0) is 46.0 Å². The minimum absolute atomic E-state index is 0.0223. The van der Waals surface area contributed by atoms with E-state index < -0.39 is 11.7 Å². The summed E-state index contributed by atoms with van der Waals surface area (Å²) in [5, 5.41) is 14.7. The van der Waals surface area contributed by atoms with Crippen molar-refractivity contribution in [3.05, 3.63) is 84.1 Å². The summed E-state index contributed by atoms with van der Waals surface area (Å²) in [5.74, 6) is 0.488. The van der Waals surface area contributed by atoms with Crippen molar-refractivity contribution >= 4 is 10.9 Å². The minimum Gasteiger partial charge on any atom is -0.252 e. The molecule has 5 nitrogen and oxygen atoms in total. The first-order chi connectivity index (χ1) is 16.0. The standard InChI is InChI=1S/C25H18F3N5/c1-2-17-14-21(19-8-5-9-22(23(19)29-17)25(26,27)28)16-12-10-15(11-13-16)18-6-3-4-7-20(18)24-30-32-33-31-24/h3-14H,2H2,1H3,(H,30,31,32,33). The molecule has 8 heteroatoms. The molecule has 1 N–H and O–H groups in total. The number of aromatic nitrogens is 5. The quantitative estimate of drug-likeness (QED) is 0.351. The Balaban J connectivity index is 1.63. The summed E-state index contributed by atoms with van der Waals surface area (Å²) in [6, 6.07) is 21.5. The first-order valence-electron chi connectivity index (χ1n) is 10.4. The molecular weight excluding hydrogens is 427 g/mol. The predicted molar refractivity (Wildman–Crippen MR) is 120 cm³/mol. The molecule has 5 aromatic rings.